The number of amides is 1. The molecule has 2 atom stereocenters. The molecule has 1 aliphatic carbocycles. The summed E-state index contributed by atoms with van der Waals surface area (Å²) in [6.45, 7) is 3.13. The molecule has 3 rings (SSSR count). The molecule has 1 aliphatic heterocycles. The van der Waals surface area contributed by atoms with Crippen molar-refractivity contribution in [1.82, 2.24) is 5.32 Å². The van der Waals surface area contributed by atoms with Gasteiger partial charge in [0.25, 0.3) is 0 Å². The first-order valence-electron chi connectivity index (χ1n) is 8.09. The number of fused-ring (bicyclic) bond motifs is 1. The highest BCUT2D eigenvalue weighted by atomic mass is 16.5. The van der Waals surface area contributed by atoms with Crippen LogP contribution in [0, 0.1) is 0 Å². The smallest absolute Gasteiger partial charge is 0.224 e. The lowest BCUT2D eigenvalue weighted by Gasteiger charge is -2.32. The van der Waals surface area contributed by atoms with Gasteiger partial charge < -0.3 is 15.4 Å². The Morgan fingerprint density at radius 2 is 2.14 bits per heavy atom. The Morgan fingerprint density at radius 1 is 1.29 bits per heavy atom. The molecule has 0 spiro atoms. The van der Waals surface area contributed by atoms with Crippen molar-refractivity contribution < 1.29 is 9.53 Å². The number of aryl methyl sites for hydroxylation is 1. The van der Waals surface area contributed by atoms with Gasteiger partial charge >= 0.3 is 0 Å². The summed E-state index contributed by atoms with van der Waals surface area (Å²) in [7, 11) is 0. The Balaban J connectivity index is 1.70. The number of rotatable bonds is 4. The van der Waals surface area contributed by atoms with Crippen molar-refractivity contribution in [3.05, 3.63) is 23.8 Å². The van der Waals surface area contributed by atoms with Crippen LogP contribution in [0.4, 0.5) is 5.69 Å². The summed E-state index contributed by atoms with van der Waals surface area (Å²) in [5.41, 5.74) is 2.12. The molecule has 1 saturated carbocycles. The van der Waals surface area contributed by atoms with Gasteiger partial charge in [0.15, 0.2) is 0 Å². The van der Waals surface area contributed by atoms with Crippen LogP contribution in [0.3, 0.4) is 0 Å². The normalized spacial score (nSPS) is 25.1. The third-order valence-electron chi connectivity index (χ3n) is 4.43. The highest BCUT2D eigenvalue weighted by molar-refractivity contribution is 5.93. The van der Waals surface area contributed by atoms with Crippen molar-refractivity contribution in [2.75, 3.05) is 11.9 Å². The topological polar surface area (TPSA) is 50.4 Å². The Bertz CT molecular complexity index is 514. The number of ether oxygens (including phenoxy) is 1. The van der Waals surface area contributed by atoms with E-state index in [4.69, 9.17) is 4.74 Å². The molecule has 2 unspecified atom stereocenters. The fourth-order valence-electron chi connectivity index (χ4n) is 3.34. The standard InChI is InChI=1S/C17H24N2O2/c1-2-18-15-5-3-4-6-16(15)21-13-8-9-14-12(11-13)7-10-17(20)19-14/h8-9,11,15-16,18H,2-7,10H2,1H3,(H,19,20). The van der Waals surface area contributed by atoms with Crippen LogP contribution in [0.1, 0.15) is 44.6 Å². The predicted octanol–water partition coefficient (Wildman–Crippen LogP) is 2.87. The molecule has 2 aliphatic rings. The molecule has 1 heterocycles. The first-order chi connectivity index (χ1) is 10.3. The van der Waals surface area contributed by atoms with Gasteiger partial charge in [-0.3, -0.25) is 4.79 Å². The minimum absolute atomic E-state index is 0.107. The maximum Gasteiger partial charge on any atom is 0.224 e. The SMILES string of the molecule is CCNC1CCCCC1Oc1ccc2c(c1)CCC(=O)N2. The van der Waals surface area contributed by atoms with E-state index in [1.165, 1.54) is 24.8 Å². The molecule has 21 heavy (non-hydrogen) atoms. The van der Waals surface area contributed by atoms with E-state index >= 15 is 0 Å². The second-order valence-corrected chi connectivity index (χ2v) is 5.97. The van der Waals surface area contributed by atoms with E-state index < -0.39 is 0 Å². The van der Waals surface area contributed by atoms with Gasteiger partial charge in [-0.05, 0) is 56.0 Å². The first kappa shape index (κ1) is 14.4. The predicted molar refractivity (Wildman–Crippen MR) is 83.7 cm³/mol. The van der Waals surface area contributed by atoms with Crippen LogP contribution in [-0.4, -0.2) is 24.6 Å². The lowest BCUT2D eigenvalue weighted by molar-refractivity contribution is -0.116. The van der Waals surface area contributed by atoms with Crippen LogP contribution in [0.15, 0.2) is 18.2 Å². The van der Waals surface area contributed by atoms with Gasteiger partial charge in [-0.15, -0.1) is 0 Å². The number of likely N-dealkylation sites (N-methyl/N-ethyl adjacent to an activating group) is 1. The van der Waals surface area contributed by atoms with Crippen molar-refractivity contribution in [1.29, 1.82) is 0 Å². The van der Waals surface area contributed by atoms with Gasteiger partial charge in [0.05, 0.1) is 0 Å². The summed E-state index contributed by atoms with van der Waals surface area (Å²) in [4.78, 5) is 11.4. The Morgan fingerprint density at radius 3 is 3.00 bits per heavy atom. The van der Waals surface area contributed by atoms with E-state index in [-0.39, 0.29) is 12.0 Å². The number of carbonyl (C=O) groups is 1. The lowest BCUT2D eigenvalue weighted by atomic mass is 9.92. The molecule has 1 aromatic carbocycles. The maximum absolute atomic E-state index is 11.4. The van der Waals surface area contributed by atoms with E-state index in [9.17, 15) is 4.79 Å². The van der Waals surface area contributed by atoms with Gasteiger partial charge in [-0.25, -0.2) is 0 Å². The number of anilines is 1. The fraction of sp³-hybridized carbons (Fsp3) is 0.588. The molecule has 2 N–H and O–H groups in total. The molecule has 0 aromatic heterocycles. The van der Waals surface area contributed by atoms with Gasteiger partial charge in [-0.2, -0.15) is 0 Å². The van der Waals surface area contributed by atoms with Crippen molar-refractivity contribution in [3.8, 4) is 5.75 Å². The van der Waals surface area contributed by atoms with E-state index in [1.54, 1.807) is 0 Å². The van der Waals surface area contributed by atoms with Crippen LogP contribution in [0.2, 0.25) is 0 Å². The monoisotopic (exact) mass is 288 g/mol. The third-order valence-corrected chi connectivity index (χ3v) is 4.43. The number of hydrogen-bond acceptors (Lipinski definition) is 3. The zero-order valence-corrected chi connectivity index (χ0v) is 12.7. The van der Waals surface area contributed by atoms with Crippen molar-refractivity contribution in [2.45, 2.75) is 57.6 Å². The van der Waals surface area contributed by atoms with Gasteiger partial charge in [-0.1, -0.05) is 13.3 Å². The molecular weight excluding hydrogens is 264 g/mol. The summed E-state index contributed by atoms with van der Waals surface area (Å²) in [6.07, 6.45) is 6.47. The first-order valence-corrected chi connectivity index (χ1v) is 8.09. The van der Waals surface area contributed by atoms with Crippen LogP contribution >= 0.6 is 0 Å². The molecule has 1 aromatic rings. The number of benzene rings is 1. The minimum Gasteiger partial charge on any atom is -0.489 e. The molecule has 4 heteroatoms. The largest absolute Gasteiger partial charge is 0.489 e. The molecular formula is C17H24N2O2. The van der Waals surface area contributed by atoms with E-state index in [0.29, 0.717) is 12.5 Å². The Labute approximate surface area is 126 Å². The number of nitrogens with one attached hydrogen (secondary N) is 2. The number of carbonyl (C=O) groups excluding carboxylic acids is 1. The molecule has 4 nitrogen and oxygen atoms in total. The minimum atomic E-state index is 0.107. The Hall–Kier alpha value is -1.55. The number of hydrogen-bond donors (Lipinski definition) is 2. The van der Waals surface area contributed by atoms with E-state index in [2.05, 4.69) is 23.6 Å². The average molecular weight is 288 g/mol. The van der Waals surface area contributed by atoms with Crippen LogP contribution in [0.5, 0.6) is 5.75 Å². The van der Waals surface area contributed by atoms with E-state index in [1.807, 2.05) is 12.1 Å². The highest BCUT2D eigenvalue weighted by Gasteiger charge is 2.26. The molecule has 1 fully saturated rings. The van der Waals surface area contributed by atoms with E-state index in [0.717, 1.165) is 30.8 Å². The summed E-state index contributed by atoms with van der Waals surface area (Å²) < 4.78 is 6.24. The molecule has 0 radical (unpaired) electrons. The van der Waals surface area contributed by atoms with Crippen LogP contribution < -0.4 is 15.4 Å². The zero-order chi connectivity index (χ0) is 14.7. The second-order valence-electron chi connectivity index (χ2n) is 5.97. The van der Waals surface area contributed by atoms with Crippen molar-refractivity contribution in [2.24, 2.45) is 0 Å². The summed E-state index contributed by atoms with van der Waals surface area (Å²) in [5, 5.41) is 6.45. The molecule has 114 valence electrons. The Kier molecular flexibility index (Phi) is 4.44. The maximum atomic E-state index is 11.4. The van der Waals surface area contributed by atoms with Gasteiger partial charge in [0, 0.05) is 18.2 Å². The fourth-order valence-corrected chi connectivity index (χ4v) is 3.34. The average Bonchev–Trinajstić information content (AvgIpc) is 2.50. The van der Waals surface area contributed by atoms with Crippen LogP contribution in [-0.2, 0) is 11.2 Å². The highest BCUT2D eigenvalue weighted by Crippen LogP contribution is 2.29. The molecule has 1 amide bonds. The van der Waals surface area contributed by atoms with Crippen molar-refractivity contribution in [3.63, 3.8) is 0 Å². The van der Waals surface area contributed by atoms with Crippen LogP contribution in [0.25, 0.3) is 0 Å². The molecule has 0 saturated heterocycles. The second kappa shape index (κ2) is 6.48. The van der Waals surface area contributed by atoms with Gasteiger partial charge in [0.1, 0.15) is 11.9 Å². The lowest BCUT2D eigenvalue weighted by Crippen LogP contribution is -2.45. The summed E-state index contributed by atoms with van der Waals surface area (Å²) in [6, 6.07) is 6.49. The van der Waals surface area contributed by atoms with Crippen molar-refractivity contribution >= 4 is 11.6 Å². The summed E-state index contributed by atoms with van der Waals surface area (Å²) in [5.74, 6) is 1.04. The quantitative estimate of drug-likeness (QED) is 0.895. The van der Waals surface area contributed by atoms with Gasteiger partial charge in [0.2, 0.25) is 5.91 Å². The third kappa shape index (κ3) is 3.38. The zero-order valence-electron chi connectivity index (χ0n) is 12.7. The summed E-state index contributed by atoms with van der Waals surface area (Å²) >= 11 is 0. The molecule has 0 bridgehead atoms.